The fraction of sp³-hybridized carbons (Fsp3) is 0.500. The Balaban J connectivity index is 2.58. The van der Waals surface area contributed by atoms with Gasteiger partial charge in [0.1, 0.15) is 17.2 Å². The Bertz CT molecular complexity index is 269. The third-order valence-corrected chi connectivity index (χ3v) is 1.89. The maximum atomic E-state index is 8.68. The van der Waals surface area contributed by atoms with Gasteiger partial charge in [-0.2, -0.15) is 0 Å². The zero-order chi connectivity index (χ0) is 9.68. The molecular formula is C8H12ClN3O. The van der Waals surface area contributed by atoms with E-state index in [1.165, 1.54) is 12.5 Å². The lowest BCUT2D eigenvalue weighted by atomic mass is 10.2. The molecule has 0 saturated carbocycles. The molecule has 4 nitrogen and oxygen atoms in total. The van der Waals surface area contributed by atoms with E-state index in [-0.39, 0.29) is 12.6 Å². The summed E-state index contributed by atoms with van der Waals surface area (Å²) in [5.74, 6) is 0.609. The van der Waals surface area contributed by atoms with Crippen LogP contribution in [0.2, 0.25) is 5.02 Å². The smallest absolute Gasteiger partial charge is 0.148 e. The quantitative estimate of drug-likeness (QED) is 0.772. The zero-order valence-electron chi connectivity index (χ0n) is 7.37. The van der Waals surface area contributed by atoms with E-state index in [0.29, 0.717) is 17.3 Å². The van der Waals surface area contributed by atoms with Crippen molar-refractivity contribution in [3.8, 4) is 0 Å². The monoisotopic (exact) mass is 201 g/mol. The summed E-state index contributed by atoms with van der Waals surface area (Å²) in [7, 11) is 0. The Morgan fingerprint density at radius 2 is 2.46 bits per heavy atom. The van der Waals surface area contributed by atoms with Gasteiger partial charge in [0, 0.05) is 12.6 Å². The molecule has 1 atom stereocenters. The summed E-state index contributed by atoms with van der Waals surface area (Å²) >= 11 is 5.82. The highest BCUT2D eigenvalue weighted by Gasteiger charge is 2.04. The Kier molecular flexibility index (Phi) is 3.92. The Hall–Kier alpha value is -0.870. The molecule has 1 rings (SSSR count). The van der Waals surface area contributed by atoms with Gasteiger partial charge in [0.15, 0.2) is 0 Å². The molecule has 0 fully saturated rings. The molecule has 1 unspecified atom stereocenters. The fourth-order valence-corrected chi connectivity index (χ4v) is 1.08. The molecule has 1 aromatic heterocycles. The predicted octanol–water partition coefficient (Wildman–Crippen LogP) is 1.31. The number of hydrogen-bond donors (Lipinski definition) is 2. The van der Waals surface area contributed by atoms with Crippen molar-refractivity contribution < 1.29 is 5.11 Å². The summed E-state index contributed by atoms with van der Waals surface area (Å²) in [6.45, 7) is 2.10. The molecule has 72 valence electrons. The molecule has 1 heterocycles. The average molecular weight is 202 g/mol. The van der Waals surface area contributed by atoms with E-state index in [4.69, 9.17) is 16.7 Å². The third-order valence-electron chi connectivity index (χ3n) is 1.61. The zero-order valence-corrected chi connectivity index (χ0v) is 8.12. The van der Waals surface area contributed by atoms with Crippen LogP contribution >= 0.6 is 11.6 Å². The van der Waals surface area contributed by atoms with Crippen LogP contribution in [-0.2, 0) is 0 Å². The van der Waals surface area contributed by atoms with E-state index in [1.807, 2.05) is 6.92 Å². The first-order valence-corrected chi connectivity index (χ1v) is 4.44. The summed E-state index contributed by atoms with van der Waals surface area (Å²) in [5.41, 5.74) is 0. The molecule has 0 aromatic carbocycles. The molecule has 0 saturated heterocycles. The SMILES string of the molecule is CC(CCO)Nc1ncncc1Cl. The van der Waals surface area contributed by atoms with Crippen molar-refractivity contribution in [1.82, 2.24) is 9.97 Å². The fourth-order valence-electron chi connectivity index (χ4n) is 0.918. The summed E-state index contributed by atoms with van der Waals surface area (Å²) in [4.78, 5) is 7.73. The molecule has 0 amide bonds. The van der Waals surface area contributed by atoms with E-state index in [9.17, 15) is 0 Å². The number of rotatable bonds is 4. The number of hydrogen-bond acceptors (Lipinski definition) is 4. The molecule has 0 spiro atoms. The van der Waals surface area contributed by atoms with Crippen molar-refractivity contribution >= 4 is 17.4 Å². The van der Waals surface area contributed by atoms with Crippen LogP contribution in [-0.4, -0.2) is 27.7 Å². The minimum Gasteiger partial charge on any atom is -0.396 e. The predicted molar refractivity (Wildman–Crippen MR) is 51.8 cm³/mol. The van der Waals surface area contributed by atoms with Crippen LogP contribution in [0.4, 0.5) is 5.82 Å². The third kappa shape index (κ3) is 3.16. The van der Waals surface area contributed by atoms with Crippen LogP contribution in [0.25, 0.3) is 0 Å². The van der Waals surface area contributed by atoms with Crippen LogP contribution in [0.15, 0.2) is 12.5 Å². The van der Waals surface area contributed by atoms with Crippen LogP contribution in [0.1, 0.15) is 13.3 Å². The van der Waals surface area contributed by atoms with E-state index < -0.39 is 0 Å². The summed E-state index contributed by atoms with van der Waals surface area (Å²) in [6, 6.07) is 0.150. The normalized spacial score (nSPS) is 12.5. The molecule has 5 heteroatoms. The van der Waals surface area contributed by atoms with Crippen molar-refractivity contribution in [1.29, 1.82) is 0 Å². The van der Waals surface area contributed by atoms with Gasteiger partial charge >= 0.3 is 0 Å². The molecule has 0 aliphatic heterocycles. The molecule has 0 aliphatic carbocycles. The lowest BCUT2D eigenvalue weighted by molar-refractivity contribution is 0.282. The van der Waals surface area contributed by atoms with Gasteiger partial charge in [-0.1, -0.05) is 11.6 Å². The van der Waals surface area contributed by atoms with E-state index in [2.05, 4.69) is 15.3 Å². The summed E-state index contributed by atoms with van der Waals surface area (Å²) in [6.07, 6.45) is 3.63. The Labute approximate surface area is 82.0 Å². The van der Waals surface area contributed by atoms with Crippen molar-refractivity contribution in [2.45, 2.75) is 19.4 Å². The molecule has 0 aliphatic rings. The van der Waals surface area contributed by atoms with Crippen LogP contribution < -0.4 is 5.32 Å². The van der Waals surface area contributed by atoms with Crippen LogP contribution in [0.5, 0.6) is 0 Å². The highest BCUT2D eigenvalue weighted by molar-refractivity contribution is 6.32. The van der Waals surface area contributed by atoms with Gasteiger partial charge in [0.2, 0.25) is 0 Å². The number of nitrogens with one attached hydrogen (secondary N) is 1. The molecule has 2 N–H and O–H groups in total. The van der Waals surface area contributed by atoms with Gasteiger partial charge in [-0.3, -0.25) is 0 Å². The Morgan fingerprint density at radius 1 is 1.69 bits per heavy atom. The second-order valence-electron chi connectivity index (χ2n) is 2.78. The number of nitrogens with zero attached hydrogens (tertiary/aromatic N) is 2. The number of anilines is 1. The highest BCUT2D eigenvalue weighted by Crippen LogP contribution is 2.17. The van der Waals surface area contributed by atoms with E-state index in [0.717, 1.165) is 0 Å². The number of aliphatic hydroxyl groups is 1. The van der Waals surface area contributed by atoms with Crippen molar-refractivity contribution in [3.05, 3.63) is 17.5 Å². The minimum absolute atomic E-state index is 0.150. The number of halogens is 1. The highest BCUT2D eigenvalue weighted by atomic mass is 35.5. The van der Waals surface area contributed by atoms with Gasteiger partial charge in [-0.05, 0) is 13.3 Å². The van der Waals surface area contributed by atoms with Gasteiger partial charge in [-0.15, -0.1) is 0 Å². The maximum absolute atomic E-state index is 8.68. The van der Waals surface area contributed by atoms with Gasteiger partial charge < -0.3 is 10.4 Å². The topological polar surface area (TPSA) is 58.0 Å². The second kappa shape index (κ2) is 4.99. The lowest BCUT2D eigenvalue weighted by Crippen LogP contribution is -2.17. The lowest BCUT2D eigenvalue weighted by Gasteiger charge is -2.13. The van der Waals surface area contributed by atoms with Crippen molar-refractivity contribution in [2.75, 3.05) is 11.9 Å². The first-order valence-electron chi connectivity index (χ1n) is 4.07. The van der Waals surface area contributed by atoms with Crippen molar-refractivity contribution in [2.24, 2.45) is 0 Å². The standard InChI is InChI=1S/C8H12ClN3O/c1-6(2-3-13)12-8-7(9)4-10-5-11-8/h4-6,13H,2-3H2,1H3,(H,10,11,12). The maximum Gasteiger partial charge on any atom is 0.148 e. The molecule has 1 aromatic rings. The van der Waals surface area contributed by atoms with Gasteiger partial charge in [0.05, 0.1) is 6.20 Å². The number of aliphatic hydroxyl groups excluding tert-OH is 1. The van der Waals surface area contributed by atoms with Crippen LogP contribution in [0, 0.1) is 0 Å². The van der Waals surface area contributed by atoms with Gasteiger partial charge in [0.25, 0.3) is 0 Å². The molecule has 13 heavy (non-hydrogen) atoms. The largest absolute Gasteiger partial charge is 0.396 e. The second-order valence-corrected chi connectivity index (χ2v) is 3.18. The van der Waals surface area contributed by atoms with E-state index in [1.54, 1.807) is 0 Å². The van der Waals surface area contributed by atoms with Crippen LogP contribution in [0.3, 0.4) is 0 Å². The first-order chi connectivity index (χ1) is 6.24. The minimum atomic E-state index is 0.150. The average Bonchev–Trinajstić information content (AvgIpc) is 2.09. The summed E-state index contributed by atoms with van der Waals surface area (Å²) in [5, 5.41) is 12.2. The van der Waals surface area contributed by atoms with Crippen molar-refractivity contribution in [3.63, 3.8) is 0 Å². The first kappa shape index (κ1) is 10.2. The molecule has 0 radical (unpaired) electrons. The Morgan fingerprint density at radius 3 is 3.08 bits per heavy atom. The summed E-state index contributed by atoms with van der Waals surface area (Å²) < 4.78 is 0. The molecule has 0 bridgehead atoms. The van der Waals surface area contributed by atoms with E-state index >= 15 is 0 Å². The molecular weight excluding hydrogens is 190 g/mol. The number of aromatic nitrogens is 2. The van der Waals surface area contributed by atoms with Gasteiger partial charge in [-0.25, -0.2) is 9.97 Å².